The monoisotopic (exact) mass is 229 g/mol. The van der Waals surface area contributed by atoms with Gasteiger partial charge in [0.25, 0.3) is 0 Å². The lowest BCUT2D eigenvalue weighted by molar-refractivity contribution is 1.45. The van der Waals surface area contributed by atoms with Crippen molar-refractivity contribution in [1.82, 2.24) is 0 Å². The Morgan fingerprint density at radius 2 is 1.62 bits per heavy atom. The van der Waals surface area contributed by atoms with Gasteiger partial charge in [0, 0.05) is 17.6 Å². The van der Waals surface area contributed by atoms with Crippen LogP contribution < -0.4 is 5.32 Å². The Labute approximate surface area is 101 Å². The van der Waals surface area contributed by atoms with Crippen molar-refractivity contribution < 1.29 is 0 Å². The van der Waals surface area contributed by atoms with E-state index in [1.54, 1.807) is 11.8 Å². The van der Waals surface area contributed by atoms with Gasteiger partial charge in [-0.25, -0.2) is 0 Å². The lowest BCUT2D eigenvalue weighted by atomic mass is 10.1. The van der Waals surface area contributed by atoms with Gasteiger partial charge in [0.2, 0.25) is 0 Å². The molecule has 2 heteroatoms. The Bertz CT molecular complexity index is 434. The number of rotatable bonds is 3. The molecule has 0 atom stereocenters. The van der Waals surface area contributed by atoms with Gasteiger partial charge < -0.3 is 5.32 Å². The summed E-state index contributed by atoms with van der Waals surface area (Å²) in [4.78, 5) is 1.30. The number of nitrogens with one attached hydrogen (secondary N) is 1. The van der Waals surface area contributed by atoms with Gasteiger partial charge in [-0.3, -0.25) is 0 Å². The van der Waals surface area contributed by atoms with Crippen LogP contribution in [-0.4, -0.2) is 13.3 Å². The molecule has 0 radical (unpaired) electrons. The topological polar surface area (TPSA) is 12.0 Å². The number of thioether (sulfide) groups is 1. The number of anilines is 1. The fourth-order valence-electron chi connectivity index (χ4n) is 1.66. The van der Waals surface area contributed by atoms with Crippen molar-refractivity contribution >= 4 is 17.4 Å². The molecule has 2 aromatic carbocycles. The summed E-state index contributed by atoms with van der Waals surface area (Å²) in [5.41, 5.74) is 3.67. The van der Waals surface area contributed by atoms with E-state index < -0.39 is 0 Å². The van der Waals surface area contributed by atoms with Crippen LogP contribution in [-0.2, 0) is 0 Å². The molecule has 0 saturated carbocycles. The van der Waals surface area contributed by atoms with Gasteiger partial charge >= 0.3 is 0 Å². The standard InChI is InChI=1S/C14H15NS/c1-15-13-7-3-5-11(9-13)12-6-4-8-14(10-12)16-2/h3-10,15H,1-2H3. The first-order valence-electron chi connectivity index (χ1n) is 5.26. The molecule has 0 bridgehead atoms. The van der Waals surface area contributed by atoms with Gasteiger partial charge in [0.05, 0.1) is 0 Å². The molecule has 16 heavy (non-hydrogen) atoms. The van der Waals surface area contributed by atoms with Gasteiger partial charge in [0.1, 0.15) is 0 Å². The summed E-state index contributed by atoms with van der Waals surface area (Å²) in [7, 11) is 1.94. The Kier molecular flexibility index (Phi) is 3.52. The van der Waals surface area contributed by atoms with Crippen LogP contribution in [0.2, 0.25) is 0 Å². The van der Waals surface area contributed by atoms with Gasteiger partial charge in [0.15, 0.2) is 0 Å². The predicted octanol–water partition coefficient (Wildman–Crippen LogP) is 4.12. The van der Waals surface area contributed by atoms with Crippen molar-refractivity contribution in [2.75, 3.05) is 18.6 Å². The molecule has 0 heterocycles. The fraction of sp³-hybridized carbons (Fsp3) is 0.143. The Hall–Kier alpha value is -1.41. The molecule has 2 aromatic rings. The predicted molar refractivity (Wildman–Crippen MR) is 73.2 cm³/mol. The van der Waals surface area contributed by atoms with Crippen LogP contribution in [0, 0.1) is 0 Å². The maximum Gasteiger partial charge on any atom is 0.0343 e. The third-order valence-corrected chi connectivity index (χ3v) is 3.28. The SMILES string of the molecule is CNc1cccc(-c2cccc(SC)c2)c1. The third kappa shape index (κ3) is 2.39. The van der Waals surface area contributed by atoms with Crippen molar-refractivity contribution in [1.29, 1.82) is 0 Å². The Morgan fingerprint density at radius 3 is 2.31 bits per heavy atom. The highest BCUT2D eigenvalue weighted by Crippen LogP contribution is 2.26. The maximum absolute atomic E-state index is 3.16. The van der Waals surface area contributed by atoms with Crippen molar-refractivity contribution in [2.45, 2.75) is 4.90 Å². The van der Waals surface area contributed by atoms with Crippen LogP contribution in [0.1, 0.15) is 0 Å². The van der Waals surface area contributed by atoms with Crippen molar-refractivity contribution in [2.24, 2.45) is 0 Å². The summed E-state index contributed by atoms with van der Waals surface area (Å²) in [6, 6.07) is 17.1. The van der Waals surface area contributed by atoms with E-state index in [0.29, 0.717) is 0 Å². The average molecular weight is 229 g/mol. The fourth-order valence-corrected chi connectivity index (χ4v) is 2.12. The molecule has 0 aliphatic rings. The average Bonchev–Trinajstić information content (AvgIpc) is 2.39. The van der Waals surface area contributed by atoms with Crippen molar-refractivity contribution in [3.05, 3.63) is 48.5 Å². The van der Waals surface area contributed by atoms with E-state index in [9.17, 15) is 0 Å². The lowest BCUT2D eigenvalue weighted by Gasteiger charge is -2.06. The Balaban J connectivity index is 2.41. The molecule has 0 saturated heterocycles. The molecule has 0 aliphatic carbocycles. The third-order valence-electron chi connectivity index (χ3n) is 2.55. The summed E-state index contributed by atoms with van der Waals surface area (Å²) in [6.45, 7) is 0. The van der Waals surface area contributed by atoms with E-state index in [0.717, 1.165) is 5.69 Å². The van der Waals surface area contributed by atoms with Gasteiger partial charge in [-0.1, -0.05) is 24.3 Å². The quantitative estimate of drug-likeness (QED) is 0.795. The van der Waals surface area contributed by atoms with Gasteiger partial charge in [-0.2, -0.15) is 0 Å². The first kappa shape index (κ1) is 11.1. The molecule has 0 spiro atoms. The van der Waals surface area contributed by atoms with E-state index in [-0.39, 0.29) is 0 Å². The second-order valence-corrected chi connectivity index (χ2v) is 4.44. The van der Waals surface area contributed by atoms with E-state index in [1.807, 2.05) is 7.05 Å². The van der Waals surface area contributed by atoms with E-state index in [2.05, 4.69) is 60.1 Å². The highest BCUT2D eigenvalue weighted by molar-refractivity contribution is 7.98. The number of benzene rings is 2. The molecule has 0 aliphatic heterocycles. The highest BCUT2D eigenvalue weighted by atomic mass is 32.2. The van der Waals surface area contributed by atoms with Gasteiger partial charge in [-0.05, 0) is 41.6 Å². The largest absolute Gasteiger partial charge is 0.388 e. The van der Waals surface area contributed by atoms with E-state index in [1.165, 1.54) is 16.0 Å². The molecular weight excluding hydrogens is 214 g/mol. The first-order chi connectivity index (χ1) is 7.83. The maximum atomic E-state index is 3.16. The molecule has 0 fully saturated rings. The molecular formula is C14H15NS. The zero-order chi connectivity index (χ0) is 11.4. The van der Waals surface area contributed by atoms with Crippen LogP contribution >= 0.6 is 11.8 Å². The summed E-state index contributed by atoms with van der Waals surface area (Å²) in [5, 5.41) is 3.16. The molecule has 1 N–H and O–H groups in total. The van der Waals surface area contributed by atoms with Crippen LogP contribution in [0.3, 0.4) is 0 Å². The van der Waals surface area contributed by atoms with Crippen LogP contribution in [0.5, 0.6) is 0 Å². The number of hydrogen-bond donors (Lipinski definition) is 1. The minimum atomic E-state index is 1.15. The summed E-state index contributed by atoms with van der Waals surface area (Å²) in [5.74, 6) is 0. The molecule has 1 nitrogen and oxygen atoms in total. The highest BCUT2D eigenvalue weighted by Gasteiger charge is 1.99. The molecule has 82 valence electrons. The Morgan fingerprint density at radius 1 is 0.938 bits per heavy atom. The summed E-state index contributed by atoms with van der Waals surface area (Å²) < 4.78 is 0. The molecule has 0 aromatic heterocycles. The molecule has 2 rings (SSSR count). The normalized spacial score (nSPS) is 10.1. The molecule has 0 amide bonds. The zero-order valence-corrected chi connectivity index (χ0v) is 10.3. The van der Waals surface area contributed by atoms with E-state index in [4.69, 9.17) is 0 Å². The summed E-state index contributed by atoms with van der Waals surface area (Å²) in [6.07, 6.45) is 2.10. The second-order valence-electron chi connectivity index (χ2n) is 3.56. The van der Waals surface area contributed by atoms with Crippen LogP contribution in [0.15, 0.2) is 53.4 Å². The van der Waals surface area contributed by atoms with E-state index >= 15 is 0 Å². The number of hydrogen-bond acceptors (Lipinski definition) is 2. The zero-order valence-electron chi connectivity index (χ0n) is 9.53. The van der Waals surface area contributed by atoms with Crippen LogP contribution in [0.25, 0.3) is 11.1 Å². The second kappa shape index (κ2) is 5.08. The minimum absolute atomic E-state index is 1.15. The smallest absolute Gasteiger partial charge is 0.0343 e. The van der Waals surface area contributed by atoms with Crippen molar-refractivity contribution in [3.63, 3.8) is 0 Å². The molecule has 0 unspecified atom stereocenters. The van der Waals surface area contributed by atoms with Gasteiger partial charge in [-0.15, -0.1) is 11.8 Å². The van der Waals surface area contributed by atoms with Crippen molar-refractivity contribution in [3.8, 4) is 11.1 Å². The van der Waals surface area contributed by atoms with Crippen LogP contribution in [0.4, 0.5) is 5.69 Å². The summed E-state index contributed by atoms with van der Waals surface area (Å²) >= 11 is 1.77. The minimum Gasteiger partial charge on any atom is -0.388 e. The first-order valence-corrected chi connectivity index (χ1v) is 6.48. The lowest BCUT2D eigenvalue weighted by Crippen LogP contribution is -1.87.